The van der Waals surface area contributed by atoms with Crippen LogP contribution in [0.2, 0.25) is 0 Å². The number of halogens is 1. The largest absolute Gasteiger partial charge is 0.478 e. The van der Waals surface area contributed by atoms with Gasteiger partial charge in [0.25, 0.3) is 0 Å². The van der Waals surface area contributed by atoms with Crippen molar-refractivity contribution in [1.29, 1.82) is 0 Å². The second kappa shape index (κ2) is 18.1. The first-order valence-corrected chi connectivity index (χ1v) is 17.5. The Bertz CT molecular complexity index is 1940. The number of fused-ring (bicyclic) bond motifs is 1. The van der Waals surface area contributed by atoms with Gasteiger partial charge in [-0.3, -0.25) is 24.0 Å². The number of carbonyl (C=O) groups is 8. The number of carboxylic acid groups (broad SMARTS) is 3. The van der Waals surface area contributed by atoms with E-state index in [1.165, 1.54) is 0 Å². The SMILES string of the molecule is NC(=O)C[C@H](NC(=O)C1(NC(=O)[C@H](Cc2ccc(C(F)(C(=O)O)C(=O)O)cc2)NC(=O)C(=O)O)CCCCC1)C(=O)NCCCc1cccc2ccccc12. The summed E-state index contributed by atoms with van der Waals surface area (Å²) in [6, 6.07) is 14.7. The number of alkyl halides is 1. The summed E-state index contributed by atoms with van der Waals surface area (Å²) in [7, 11) is 0. The average Bonchev–Trinajstić information content (AvgIpc) is 3.15. The van der Waals surface area contributed by atoms with E-state index in [0.717, 1.165) is 40.6 Å². The van der Waals surface area contributed by atoms with Gasteiger partial charge in [0.15, 0.2) is 0 Å². The van der Waals surface area contributed by atoms with E-state index in [9.17, 15) is 58.1 Å². The maximum atomic E-state index is 14.9. The fourth-order valence-corrected chi connectivity index (χ4v) is 6.59. The highest BCUT2D eigenvalue weighted by atomic mass is 19.1. The Morgan fingerprint density at radius 1 is 0.782 bits per heavy atom. The van der Waals surface area contributed by atoms with Crippen molar-refractivity contribution in [2.45, 2.75) is 81.1 Å². The number of nitrogens with one attached hydrogen (secondary N) is 4. The zero-order chi connectivity index (χ0) is 40.3. The van der Waals surface area contributed by atoms with Crippen molar-refractivity contribution >= 4 is 58.2 Å². The number of rotatable bonds is 17. The van der Waals surface area contributed by atoms with Crippen LogP contribution in [0.15, 0.2) is 66.7 Å². The molecule has 0 bridgehead atoms. The molecule has 0 aromatic heterocycles. The smallest absolute Gasteiger partial charge is 0.394 e. The number of carboxylic acids is 3. The summed E-state index contributed by atoms with van der Waals surface area (Å²) >= 11 is 0. The summed E-state index contributed by atoms with van der Waals surface area (Å²) in [5, 5.41) is 39.7. The molecule has 2 atom stereocenters. The van der Waals surface area contributed by atoms with Crippen LogP contribution < -0.4 is 27.0 Å². The Balaban J connectivity index is 1.49. The standard InChI is InChI=1S/C38H42FN5O11/c39-38(35(52)53,36(54)55)25-15-13-22(14-16-25)20-27(42-32(48)33(49)50)31(47)44-37(17-4-1-5-18-37)34(51)43-28(21-29(40)45)30(46)41-19-7-11-24-10-6-9-23-8-2-3-12-26(23)24/h2-3,6,8-10,12-16,27-28H,1,4-5,7,11,17-21H2,(H2,40,45)(H,41,46)(H,42,48)(H,43,51)(H,44,47)(H,49,50)(H,52,53)(H,54,55)/t27-,28-/m0/s1. The molecule has 1 aliphatic rings. The molecular weight excluding hydrogens is 721 g/mol. The molecule has 0 heterocycles. The van der Waals surface area contributed by atoms with Gasteiger partial charge in [-0.25, -0.2) is 18.8 Å². The van der Waals surface area contributed by atoms with E-state index < -0.39 is 89.1 Å². The summed E-state index contributed by atoms with van der Waals surface area (Å²) in [5.41, 5.74) is 0.446. The van der Waals surface area contributed by atoms with Crippen LogP contribution in [-0.4, -0.2) is 86.9 Å². The number of aliphatic carboxylic acids is 3. The van der Waals surface area contributed by atoms with Crippen molar-refractivity contribution in [1.82, 2.24) is 21.3 Å². The lowest BCUT2D eigenvalue weighted by Crippen LogP contribution is -2.65. The van der Waals surface area contributed by atoms with Gasteiger partial charge in [-0.05, 0) is 47.6 Å². The van der Waals surface area contributed by atoms with E-state index in [-0.39, 0.29) is 24.9 Å². The minimum Gasteiger partial charge on any atom is -0.478 e. The van der Waals surface area contributed by atoms with Gasteiger partial charge in [-0.1, -0.05) is 86.0 Å². The molecule has 3 aromatic rings. The molecule has 17 heteroatoms. The Kier molecular flexibility index (Phi) is 13.6. The van der Waals surface area contributed by atoms with Crippen molar-refractivity contribution in [2.24, 2.45) is 5.73 Å². The first kappa shape index (κ1) is 41.4. The first-order chi connectivity index (χ1) is 26.1. The molecule has 3 aromatic carbocycles. The minimum absolute atomic E-state index is 0.0811. The third-order valence-electron chi connectivity index (χ3n) is 9.53. The van der Waals surface area contributed by atoms with E-state index in [2.05, 4.69) is 21.3 Å². The molecule has 4 rings (SSSR count). The molecule has 9 N–H and O–H groups in total. The number of hydrogen-bond acceptors (Lipinski definition) is 8. The zero-order valence-corrected chi connectivity index (χ0v) is 29.6. The van der Waals surface area contributed by atoms with Crippen LogP contribution in [0.1, 0.15) is 61.6 Å². The molecule has 55 heavy (non-hydrogen) atoms. The molecule has 1 aliphatic carbocycles. The predicted molar refractivity (Wildman–Crippen MR) is 193 cm³/mol. The lowest BCUT2D eigenvalue weighted by Gasteiger charge is -2.38. The normalized spacial score (nSPS) is 14.8. The summed E-state index contributed by atoms with van der Waals surface area (Å²) in [4.78, 5) is 99.4. The van der Waals surface area contributed by atoms with Gasteiger partial charge >= 0.3 is 29.5 Å². The summed E-state index contributed by atoms with van der Waals surface area (Å²) < 4.78 is 14.9. The molecule has 5 amide bonds. The molecule has 0 radical (unpaired) electrons. The van der Waals surface area contributed by atoms with E-state index in [1.807, 2.05) is 42.5 Å². The van der Waals surface area contributed by atoms with E-state index in [1.54, 1.807) is 0 Å². The number of amides is 5. The van der Waals surface area contributed by atoms with Crippen molar-refractivity contribution in [3.63, 3.8) is 0 Å². The maximum Gasteiger partial charge on any atom is 0.394 e. The third kappa shape index (κ3) is 10.2. The molecule has 0 unspecified atom stereocenters. The molecular formula is C38H42FN5O11. The highest BCUT2D eigenvalue weighted by Gasteiger charge is 2.49. The fraction of sp³-hybridized carbons (Fsp3) is 0.368. The topological polar surface area (TPSA) is 271 Å². The molecule has 292 valence electrons. The van der Waals surface area contributed by atoms with Crippen LogP contribution >= 0.6 is 0 Å². The van der Waals surface area contributed by atoms with E-state index in [4.69, 9.17) is 5.73 Å². The highest BCUT2D eigenvalue weighted by molar-refractivity contribution is 6.32. The van der Waals surface area contributed by atoms with Gasteiger partial charge in [-0.2, -0.15) is 0 Å². The first-order valence-electron chi connectivity index (χ1n) is 17.5. The highest BCUT2D eigenvalue weighted by Crippen LogP contribution is 2.30. The minimum atomic E-state index is -3.78. The predicted octanol–water partition coefficient (Wildman–Crippen LogP) is 1.21. The Morgan fingerprint density at radius 2 is 1.42 bits per heavy atom. The van der Waals surface area contributed by atoms with Crippen LogP contribution in [0.3, 0.4) is 0 Å². The van der Waals surface area contributed by atoms with Crippen LogP contribution in [0.25, 0.3) is 10.8 Å². The van der Waals surface area contributed by atoms with E-state index in [0.29, 0.717) is 32.1 Å². The number of nitrogens with two attached hydrogens (primary N) is 1. The van der Waals surface area contributed by atoms with Gasteiger partial charge in [0.2, 0.25) is 23.6 Å². The van der Waals surface area contributed by atoms with Crippen molar-refractivity contribution < 1.29 is 58.1 Å². The van der Waals surface area contributed by atoms with E-state index >= 15 is 0 Å². The zero-order valence-electron chi connectivity index (χ0n) is 29.6. The average molecular weight is 764 g/mol. The molecule has 1 saturated carbocycles. The monoisotopic (exact) mass is 763 g/mol. The quantitative estimate of drug-likeness (QED) is 0.0550. The molecule has 0 aliphatic heterocycles. The van der Waals surface area contributed by atoms with Gasteiger partial charge in [-0.15, -0.1) is 0 Å². The van der Waals surface area contributed by atoms with Crippen LogP contribution in [0.4, 0.5) is 4.39 Å². The van der Waals surface area contributed by atoms with Crippen LogP contribution in [0, 0.1) is 0 Å². The molecule has 1 fully saturated rings. The van der Waals surface area contributed by atoms with Crippen molar-refractivity contribution in [2.75, 3.05) is 6.54 Å². The fourth-order valence-electron chi connectivity index (χ4n) is 6.59. The second-order valence-corrected chi connectivity index (χ2v) is 13.4. The maximum absolute atomic E-state index is 14.9. The number of aryl methyl sites for hydroxylation is 1. The lowest BCUT2D eigenvalue weighted by molar-refractivity contribution is -0.168. The summed E-state index contributed by atoms with van der Waals surface area (Å²) in [6.07, 6.45) is 1.94. The van der Waals surface area contributed by atoms with Gasteiger partial charge in [0, 0.05) is 18.5 Å². The van der Waals surface area contributed by atoms with Gasteiger partial charge in [0.1, 0.15) is 17.6 Å². The molecule has 0 saturated heterocycles. The van der Waals surface area contributed by atoms with Crippen LogP contribution in [0.5, 0.6) is 0 Å². The second-order valence-electron chi connectivity index (χ2n) is 13.4. The Hall–Kier alpha value is -6.39. The van der Waals surface area contributed by atoms with Crippen molar-refractivity contribution in [3.05, 3.63) is 83.4 Å². The van der Waals surface area contributed by atoms with Gasteiger partial charge < -0.3 is 42.3 Å². The van der Waals surface area contributed by atoms with Crippen molar-refractivity contribution in [3.8, 4) is 0 Å². The summed E-state index contributed by atoms with van der Waals surface area (Å²) in [5.74, 6) is -11.4. The third-order valence-corrected chi connectivity index (χ3v) is 9.53. The Labute approximate surface area is 314 Å². The Morgan fingerprint density at radius 3 is 2.04 bits per heavy atom. The number of carbonyl (C=O) groups excluding carboxylic acids is 5. The molecule has 16 nitrogen and oxygen atoms in total. The van der Waals surface area contributed by atoms with Gasteiger partial charge in [0.05, 0.1) is 6.42 Å². The lowest BCUT2D eigenvalue weighted by atomic mass is 9.80. The number of hydrogen-bond donors (Lipinski definition) is 8. The number of benzene rings is 3. The molecule has 0 spiro atoms. The number of primary amides is 1. The van der Waals surface area contributed by atoms with Crippen LogP contribution in [-0.2, 0) is 56.9 Å². The summed E-state index contributed by atoms with van der Waals surface area (Å²) in [6.45, 7) is 0.208.